The molecule has 0 bridgehead atoms. The third-order valence-corrected chi connectivity index (χ3v) is 2.73. The van der Waals surface area contributed by atoms with Crippen LogP contribution in [0.5, 0.6) is 0 Å². The Kier molecular flexibility index (Phi) is 4.67. The van der Waals surface area contributed by atoms with Crippen LogP contribution < -0.4 is 0 Å². The molecule has 2 atom stereocenters. The molecule has 0 N–H and O–H groups in total. The summed E-state index contributed by atoms with van der Waals surface area (Å²) in [5.74, 6) is 0. The van der Waals surface area contributed by atoms with Crippen LogP contribution in [0, 0.1) is 0 Å². The van der Waals surface area contributed by atoms with Crippen molar-refractivity contribution in [3.8, 4) is 0 Å². The van der Waals surface area contributed by atoms with Gasteiger partial charge in [-0.05, 0) is 19.4 Å². The van der Waals surface area contributed by atoms with Gasteiger partial charge in [0.15, 0.2) is 0 Å². The van der Waals surface area contributed by atoms with Crippen LogP contribution >= 0.6 is 0 Å². The molecular formula is C11H23N. The lowest BCUT2D eigenvalue weighted by molar-refractivity contribution is 0.475. The summed E-state index contributed by atoms with van der Waals surface area (Å²) in [5, 5.41) is 0. The van der Waals surface area contributed by atoms with Gasteiger partial charge in [-0.25, -0.2) is 0 Å². The van der Waals surface area contributed by atoms with Crippen LogP contribution in [0.2, 0.25) is 0 Å². The number of rotatable bonds is 7. The van der Waals surface area contributed by atoms with E-state index in [0.717, 1.165) is 6.04 Å². The van der Waals surface area contributed by atoms with Crippen molar-refractivity contribution >= 4 is 0 Å². The van der Waals surface area contributed by atoms with Gasteiger partial charge in [0.2, 0.25) is 0 Å². The molecule has 0 saturated carbocycles. The molecular weight excluding hydrogens is 146 g/mol. The SMILES string of the molecule is CCCCCCC1CN1CCC. The van der Waals surface area contributed by atoms with E-state index in [9.17, 15) is 0 Å². The molecule has 1 aliphatic heterocycles. The highest BCUT2D eigenvalue weighted by atomic mass is 15.3. The topological polar surface area (TPSA) is 3.01 Å². The molecule has 1 fully saturated rings. The maximum absolute atomic E-state index is 2.60. The quantitative estimate of drug-likeness (QED) is 0.418. The maximum Gasteiger partial charge on any atom is 0.0223 e. The lowest BCUT2D eigenvalue weighted by Gasteiger charge is -2.00. The van der Waals surface area contributed by atoms with Crippen molar-refractivity contribution < 1.29 is 0 Å². The summed E-state index contributed by atoms with van der Waals surface area (Å²) in [7, 11) is 0. The zero-order valence-corrected chi connectivity index (χ0v) is 8.68. The summed E-state index contributed by atoms with van der Waals surface area (Å²) >= 11 is 0. The fraction of sp³-hybridized carbons (Fsp3) is 1.00. The smallest absolute Gasteiger partial charge is 0.0223 e. The minimum Gasteiger partial charge on any atom is -0.298 e. The van der Waals surface area contributed by atoms with E-state index in [-0.39, 0.29) is 0 Å². The van der Waals surface area contributed by atoms with Crippen molar-refractivity contribution in [1.82, 2.24) is 4.90 Å². The molecule has 12 heavy (non-hydrogen) atoms. The van der Waals surface area contributed by atoms with Crippen molar-refractivity contribution in [3.63, 3.8) is 0 Å². The molecule has 0 spiro atoms. The molecule has 2 unspecified atom stereocenters. The van der Waals surface area contributed by atoms with Gasteiger partial charge in [-0.3, -0.25) is 4.90 Å². The third-order valence-electron chi connectivity index (χ3n) is 2.73. The molecule has 0 radical (unpaired) electrons. The Morgan fingerprint density at radius 1 is 1.08 bits per heavy atom. The second kappa shape index (κ2) is 5.58. The van der Waals surface area contributed by atoms with Gasteiger partial charge < -0.3 is 0 Å². The van der Waals surface area contributed by atoms with Crippen LogP contribution in [-0.4, -0.2) is 24.0 Å². The van der Waals surface area contributed by atoms with Gasteiger partial charge in [-0.15, -0.1) is 0 Å². The molecule has 0 amide bonds. The van der Waals surface area contributed by atoms with Gasteiger partial charge in [0, 0.05) is 12.6 Å². The van der Waals surface area contributed by atoms with Crippen LogP contribution in [-0.2, 0) is 0 Å². The second-order valence-electron chi connectivity index (χ2n) is 4.00. The molecule has 1 heterocycles. The van der Waals surface area contributed by atoms with Crippen LogP contribution in [0.1, 0.15) is 52.4 Å². The van der Waals surface area contributed by atoms with Crippen LogP contribution in [0.25, 0.3) is 0 Å². The standard InChI is InChI=1S/C11H23N/c1-3-5-6-7-8-11-10-12(11)9-4-2/h11H,3-10H2,1-2H3. The van der Waals surface area contributed by atoms with Gasteiger partial charge in [-0.1, -0.05) is 39.5 Å². The van der Waals surface area contributed by atoms with E-state index in [4.69, 9.17) is 0 Å². The van der Waals surface area contributed by atoms with Crippen molar-refractivity contribution in [1.29, 1.82) is 0 Å². The van der Waals surface area contributed by atoms with E-state index in [0.29, 0.717) is 0 Å². The highest BCUT2D eigenvalue weighted by molar-refractivity contribution is 4.88. The summed E-state index contributed by atoms with van der Waals surface area (Å²) in [6.07, 6.45) is 8.49. The summed E-state index contributed by atoms with van der Waals surface area (Å²) in [6.45, 7) is 7.27. The molecule has 1 rings (SSSR count). The Labute approximate surface area is 77.1 Å². The van der Waals surface area contributed by atoms with E-state index in [1.165, 1.54) is 51.6 Å². The summed E-state index contributed by atoms with van der Waals surface area (Å²) in [6, 6.07) is 0.974. The van der Waals surface area contributed by atoms with Crippen molar-refractivity contribution in [2.75, 3.05) is 13.1 Å². The van der Waals surface area contributed by atoms with Crippen LogP contribution in [0.15, 0.2) is 0 Å². The molecule has 0 aromatic heterocycles. The Morgan fingerprint density at radius 2 is 1.92 bits per heavy atom. The fourth-order valence-electron chi connectivity index (χ4n) is 1.87. The molecule has 0 aromatic carbocycles. The van der Waals surface area contributed by atoms with E-state index in [2.05, 4.69) is 18.7 Å². The molecule has 1 aliphatic rings. The first-order valence-corrected chi connectivity index (χ1v) is 5.62. The lowest BCUT2D eigenvalue weighted by atomic mass is 10.1. The normalized spacial score (nSPS) is 27.5. The summed E-state index contributed by atoms with van der Waals surface area (Å²) in [5.41, 5.74) is 0. The Bertz CT molecular complexity index is 112. The number of nitrogens with zero attached hydrogens (tertiary/aromatic N) is 1. The number of unbranched alkanes of at least 4 members (excludes halogenated alkanes) is 3. The average Bonchev–Trinajstić information content (AvgIpc) is 2.79. The highest BCUT2D eigenvalue weighted by Gasteiger charge is 2.31. The predicted octanol–water partition coefficient (Wildman–Crippen LogP) is 3.05. The molecule has 72 valence electrons. The Balaban J connectivity index is 1.83. The van der Waals surface area contributed by atoms with Crippen LogP contribution in [0.3, 0.4) is 0 Å². The first-order valence-electron chi connectivity index (χ1n) is 5.62. The lowest BCUT2D eigenvalue weighted by Crippen LogP contribution is -2.02. The molecule has 0 aromatic rings. The molecule has 1 nitrogen and oxygen atoms in total. The first kappa shape index (κ1) is 10.0. The van der Waals surface area contributed by atoms with Crippen molar-refractivity contribution in [2.24, 2.45) is 0 Å². The maximum atomic E-state index is 2.60. The minimum absolute atomic E-state index is 0.974. The van der Waals surface area contributed by atoms with E-state index in [1.807, 2.05) is 0 Å². The summed E-state index contributed by atoms with van der Waals surface area (Å²) < 4.78 is 0. The zero-order chi connectivity index (χ0) is 8.81. The third kappa shape index (κ3) is 3.57. The number of hydrogen-bond donors (Lipinski definition) is 0. The first-order chi connectivity index (χ1) is 5.88. The van der Waals surface area contributed by atoms with Crippen molar-refractivity contribution in [3.05, 3.63) is 0 Å². The fourth-order valence-corrected chi connectivity index (χ4v) is 1.87. The largest absolute Gasteiger partial charge is 0.298 e. The predicted molar refractivity (Wildman–Crippen MR) is 54.4 cm³/mol. The van der Waals surface area contributed by atoms with Gasteiger partial charge in [-0.2, -0.15) is 0 Å². The van der Waals surface area contributed by atoms with Gasteiger partial charge >= 0.3 is 0 Å². The van der Waals surface area contributed by atoms with Crippen molar-refractivity contribution in [2.45, 2.75) is 58.4 Å². The highest BCUT2D eigenvalue weighted by Crippen LogP contribution is 2.23. The van der Waals surface area contributed by atoms with E-state index < -0.39 is 0 Å². The molecule has 1 saturated heterocycles. The van der Waals surface area contributed by atoms with E-state index >= 15 is 0 Å². The monoisotopic (exact) mass is 169 g/mol. The van der Waals surface area contributed by atoms with Crippen LogP contribution in [0.4, 0.5) is 0 Å². The molecule has 1 heteroatoms. The minimum atomic E-state index is 0.974. The zero-order valence-electron chi connectivity index (χ0n) is 8.68. The second-order valence-corrected chi connectivity index (χ2v) is 4.00. The number of hydrogen-bond acceptors (Lipinski definition) is 1. The van der Waals surface area contributed by atoms with Gasteiger partial charge in [0.05, 0.1) is 0 Å². The van der Waals surface area contributed by atoms with Gasteiger partial charge in [0.25, 0.3) is 0 Å². The van der Waals surface area contributed by atoms with E-state index in [1.54, 1.807) is 0 Å². The molecule has 0 aliphatic carbocycles. The van der Waals surface area contributed by atoms with Gasteiger partial charge in [0.1, 0.15) is 0 Å². The Morgan fingerprint density at radius 3 is 2.58 bits per heavy atom. The average molecular weight is 169 g/mol. The Hall–Kier alpha value is -0.0400. The summed E-state index contributed by atoms with van der Waals surface area (Å²) in [4.78, 5) is 2.60.